The van der Waals surface area contributed by atoms with Crippen LogP contribution < -0.4 is 0 Å². The van der Waals surface area contributed by atoms with E-state index in [2.05, 4.69) is 24.0 Å². The topological polar surface area (TPSA) is 66.0 Å². The van der Waals surface area contributed by atoms with E-state index in [1.54, 1.807) is 6.92 Å². The molecule has 4 heteroatoms. The minimum atomic E-state index is -0.807. The van der Waals surface area contributed by atoms with Crippen LogP contribution in [-0.4, -0.2) is 21.3 Å². The zero-order valence-corrected chi connectivity index (χ0v) is 10.2. The van der Waals surface area contributed by atoms with E-state index in [-0.39, 0.29) is 0 Å². The first-order chi connectivity index (χ1) is 8.00. The van der Waals surface area contributed by atoms with Crippen LogP contribution in [0.15, 0.2) is 18.2 Å². The Labute approximate surface area is 99.7 Å². The van der Waals surface area contributed by atoms with Crippen LogP contribution in [0.1, 0.15) is 43.9 Å². The predicted molar refractivity (Wildman–Crippen MR) is 66.2 cm³/mol. The van der Waals surface area contributed by atoms with Crippen molar-refractivity contribution in [3.8, 4) is 0 Å². The zero-order chi connectivity index (χ0) is 12.6. The fourth-order valence-electron chi connectivity index (χ4n) is 1.90. The number of carbonyl (C=O) groups is 1. The lowest BCUT2D eigenvalue weighted by molar-refractivity contribution is -0.138. The van der Waals surface area contributed by atoms with Gasteiger partial charge in [-0.1, -0.05) is 19.9 Å². The Morgan fingerprint density at radius 2 is 2.06 bits per heavy atom. The molecular formula is C13H16N2O2. The summed E-state index contributed by atoms with van der Waals surface area (Å²) in [5.74, 6) is -0.955. The van der Waals surface area contributed by atoms with Crippen LogP contribution in [0, 0.1) is 0 Å². The van der Waals surface area contributed by atoms with Crippen LogP contribution >= 0.6 is 0 Å². The highest BCUT2D eigenvalue weighted by molar-refractivity contribution is 5.85. The zero-order valence-electron chi connectivity index (χ0n) is 10.2. The lowest BCUT2D eigenvalue weighted by Crippen LogP contribution is -2.07. The molecule has 2 rings (SSSR count). The molecule has 0 aliphatic carbocycles. The summed E-state index contributed by atoms with van der Waals surface area (Å²) in [6.45, 7) is 5.86. The Balaban J connectivity index is 2.55. The molecule has 90 valence electrons. The molecular weight excluding hydrogens is 216 g/mol. The fraction of sp³-hybridized carbons (Fsp3) is 0.385. The van der Waals surface area contributed by atoms with Gasteiger partial charge in [0, 0.05) is 11.1 Å². The number of rotatable bonds is 3. The Morgan fingerprint density at radius 3 is 2.65 bits per heavy atom. The highest BCUT2D eigenvalue weighted by Crippen LogP contribution is 2.26. The Bertz CT molecular complexity index is 558. The molecule has 0 amide bonds. The molecule has 0 fully saturated rings. The number of benzene rings is 1. The van der Waals surface area contributed by atoms with Gasteiger partial charge in [-0.2, -0.15) is 5.10 Å². The van der Waals surface area contributed by atoms with Crippen LogP contribution in [-0.2, 0) is 4.79 Å². The maximum Gasteiger partial charge on any atom is 0.310 e. The van der Waals surface area contributed by atoms with Gasteiger partial charge in [-0.3, -0.25) is 9.89 Å². The highest BCUT2D eigenvalue weighted by Gasteiger charge is 2.16. The lowest BCUT2D eigenvalue weighted by atomic mass is 9.97. The molecule has 1 heterocycles. The fourth-order valence-corrected chi connectivity index (χ4v) is 1.90. The van der Waals surface area contributed by atoms with Crippen molar-refractivity contribution in [3.05, 3.63) is 29.5 Å². The van der Waals surface area contributed by atoms with Crippen molar-refractivity contribution in [2.75, 3.05) is 0 Å². The van der Waals surface area contributed by atoms with Crippen molar-refractivity contribution >= 4 is 16.9 Å². The molecule has 0 aliphatic heterocycles. The Kier molecular flexibility index (Phi) is 2.88. The second-order valence-electron chi connectivity index (χ2n) is 4.63. The van der Waals surface area contributed by atoms with E-state index in [0.29, 0.717) is 5.92 Å². The van der Waals surface area contributed by atoms with E-state index in [0.717, 1.165) is 22.2 Å². The summed E-state index contributed by atoms with van der Waals surface area (Å²) in [5.41, 5.74) is 2.75. The molecule has 1 atom stereocenters. The SMILES string of the molecule is CC(C)c1[nH]nc2ccc(C(C)C(=O)O)cc12. The summed E-state index contributed by atoms with van der Waals surface area (Å²) in [7, 11) is 0. The van der Waals surface area contributed by atoms with Gasteiger partial charge >= 0.3 is 5.97 Å². The number of aromatic amines is 1. The van der Waals surface area contributed by atoms with E-state index in [1.165, 1.54) is 0 Å². The third-order valence-corrected chi connectivity index (χ3v) is 3.06. The summed E-state index contributed by atoms with van der Waals surface area (Å²) >= 11 is 0. The van der Waals surface area contributed by atoms with E-state index in [4.69, 9.17) is 5.11 Å². The van der Waals surface area contributed by atoms with Crippen molar-refractivity contribution in [2.45, 2.75) is 32.6 Å². The molecule has 0 radical (unpaired) electrons. The van der Waals surface area contributed by atoms with Gasteiger partial charge in [-0.05, 0) is 30.5 Å². The Morgan fingerprint density at radius 1 is 1.35 bits per heavy atom. The number of aliphatic carboxylic acids is 1. The molecule has 1 unspecified atom stereocenters. The van der Waals surface area contributed by atoms with Gasteiger partial charge < -0.3 is 5.11 Å². The third-order valence-electron chi connectivity index (χ3n) is 3.06. The first kappa shape index (κ1) is 11.6. The van der Waals surface area contributed by atoms with Gasteiger partial charge in [0.2, 0.25) is 0 Å². The number of H-pyrrole nitrogens is 1. The number of carboxylic acid groups (broad SMARTS) is 1. The molecule has 1 aromatic heterocycles. The number of fused-ring (bicyclic) bond motifs is 1. The second kappa shape index (κ2) is 4.20. The highest BCUT2D eigenvalue weighted by atomic mass is 16.4. The van der Waals surface area contributed by atoms with E-state index in [1.807, 2.05) is 18.2 Å². The molecule has 0 spiro atoms. The van der Waals surface area contributed by atoms with Gasteiger partial charge in [0.15, 0.2) is 0 Å². The van der Waals surface area contributed by atoms with Gasteiger partial charge in [-0.25, -0.2) is 0 Å². The normalized spacial score (nSPS) is 13.2. The van der Waals surface area contributed by atoms with Crippen molar-refractivity contribution < 1.29 is 9.90 Å². The number of hydrogen-bond acceptors (Lipinski definition) is 2. The number of aromatic nitrogens is 2. The smallest absolute Gasteiger partial charge is 0.310 e. The molecule has 0 bridgehead atoms. The standard InChI is InChI=1S/C13H16N2O2/c1-7(2)12-10-6-9(8(3)13(16)17)4-5-11(10)14-15-12/h4-8H,1-3H3,(H,14,15)(H,16,17). The molecule has 0 saturated carbocycles. The largest absolute Gasteiger partial charge is 0.481 e. The first-order valence-electron chi connectivity index (χ1n) is 5.71. The number of nitrogens with zero attached hydrogens (tertiary/aromatic N) is 1. The summed E-state index contributed by atoms with van der Waals surface area (Å²) < 4.78 is 0. The number of nitrogens with one attached hydrogen (secondary N) is 1. The van der Waals surface area contributed by atoms with E-state index < -0.39 is 11.9 Å². The molecule has 2 N–H and O–H groups in total. The van der Waals surface area contributed by atoms with Gasteiger partial charge in [0.25, 0.3) is 0 Å². The average Bonchev–Trinajstić information content (AvgIpc) is 2.70. The van der Waals surface area contributed by atoms with E-state index in [9.17, 15) is 4.79 Å². The average molecular weight is 232 g/mol. The molecule has 17 heavy (non-hydrogen) atoms. The number of carboxylic acids is 1. The van der Waals surface area contributed by atoms with Gasteiger partial charge in [-0.15, -0.1) is 0 Å². The van der Waals surface area contributed by atoms with Crippen LogP contribution in [0.2, 0.25) is 0 Å². The number of hydrogen-bond donors (Lipinski definition) is 2. The maximum atomic E-state index is 11.0. The molecule has 2 aromatic rings. The van der Waals surface area contributed by atoms with Crippen molar-refractivity contribution in [1.29, 1.82) is 0 Å². The van der Waals surface area contributed by atoms with Crippen molar-refractivity contribution in [1.82, 2.24) is 10.2 Å². The predicted octanol–water partition coefficient (Wildman–Crippen LogP) is 2.87. The van der Waals surface area contributed by atoms with Gasteiger partial charge in [0.1, 0.15) is 0 Å². The molecule has 4 nitrogen and oxygen atoms in total. The lowest BCUT2D eigenvalue weighted by Gasteiger charge is -2.07. The first-order valence-corrected chi connectivity index (χ1v) is 5.71. The summed E-state index contributed by atoms with van der Waals surface area (Å²) in [6.07, 6.45) is 0. The Hall–Kier alpha value is -1.84. The summed E-state index contributed by atoms with van der Waals surface area (Å²) in [5, 5.41) is 17.3. The molecule has 0 saturated heterocycles. The van der Waals surface area contributed by atoms with Crippen molar-refractivity contribution in [3.63, 3.8) is 0 Å². The van der Waals surface area contributed by atoms with Gasteiger partial charge in [0.05, 0.1) is 11.4 Å². The minimum Gasteiger partial charge on any atom is -0.481 e. The van der Waals surface area contributed by atoms with Crippen molar-refractivity contribution in [2.24, 2.45) is 0 Å². The summed E-state index contributed by atoms with van der Waals surface area (Å²) in [6, 6.07) is 5.62. The third kappa shape index (κ3) is 2.02. The minimum absolute atomic E-state index is 0.343. The summed E-state index contributed by atoms with van der Waals surface area (Å²) in [4.78, 5) is 11.0. The van der Waals surface area contributed by atoms with Crippen LogP contribution in [0.4, 0.5) is 0 Å². The van der Waals surface area contributed by atoms with Crippen LogP contribution in [0.25, 0.3) is 10.9 Å². The monoisotopic (exact) mass is 232 g/mol. The maximum absolute atomic E-state index is 11.0. The molecule has 1 aromatic carbocycles. The molecule has 0 aliphatic rings. The van der Waals surface area contributed by atoms with E-state index >= 15 is 0 Å². The van der Waals surface area contributed by atoms with Crippen LogP contribution in [0.5, 0.6) is 0 Å². The van der Waals surface area contributed by atoms with Crippen LogP contribution in [0.3, 0.4) is 0 Å². The second-order valence-corrected chi connectivity index (χ2v) is 4.63. The quantitative estimate of drug-likeness (QED) is 0.855.